The average molecular weight is 362 g/mol. The Bertz CT molecular complexity index is 723. The van der Waals surface area contributed by atoms with Crippen molar-refractivity contribution in [3.05, 3.63) is 35.6 Å². The summed E-state index contributed by atoms with van der Waals surface area (Å²) in [6.07, 6.45) is 0.947. The number of carbonyl (C=O) groups is 3. The lowest BCUT2D eigenvalue weighted by atomic mass is 9.97. The zero-order valence-corrected chi connectivity index (χ0v) is 14.7. The van der Waals surface area contributed by atoms with Crippen molar-refractivity contribution < 1.29 is 23.5 Å². The third kappa shape index (κ3) is 3.86. The largest absolute Gasteiger partial charge is 0.452 e. The predicted octanol–water partition coefficient (Wildman–Crippen LogP) is 1.58. The molecule has 1 aromatic rings. The first-order valence-electron chi connectivity index (χ1n) is 8.91. The molecular formula is C19H23FN2O4. The highest BCUT2D eigenvalue weighted by molar-refractivity contribution is 5.86. The number of nitrogens with two attached hydrogens (primary N) is 1. The Kier molecular flexibility index (Phi) is 5.25. The first-order chi connectivity index (χ1) is 12.4. The summed E-state index contributed by atoms with van der Waals surface area (Å²) in [6, 6.07) is 6.37. The van der Waals surface area contributed by atoms with Crippen LogP contribution in [-0.2, 0) is 19.1 Å². The van der Waals surface area contributed by atoms with Gasteiger partial charge < -0.3 is 15.4 Å². The van der Waals surface area contributed by atoms with Crippen LogP contribution in [0.5, 0.6) is 0 Å². The summed E-state index contributed by atoms with van der Waals surface area (Å²) in [5.41, 5.74) is 5.83. The molecule has 2 fully saturated rings. The van der Waals surface area contributed by atoms with Gasteiger partial charge >= 0.3 is 5.97 Å². The van der Waals surface area contributed by atoms with E-state index in [1.807, 2.05) is 0 Å². The van der Waals surface area contributed by atoms with Gasteiger partial charge in [0, 0.05) is 19.0 Å². The van der Waals surface area contributed by atoms with Crippen LogP contribution in [0.15, 0.2) is 24.3 Å². The highest BCUT2D eigenvalue weighted by atomic mass is 19.1. The molecule has 1 aliphatic carbocycles. The first kappa shape index (κ1) is 18.4. The van der Waals surface area contributed by atoms with Crippen molar-refractivity contribution in [2.24, 2.45) is 17.6 Å². The molecule has 3 rings (SSSR count). The summed E-state index contributed by atoms with van der Waals surface area (Å²) < 4.78 is 19.1. The molecular weight excluding hydrogens is 339 g/mol. The van der Waals surface area contributed by atoms with Gasteiger partial charge in [-0.3, -0.25) is 14.4 Å². The van der Waals surface area contributed by atoms with E-state index in [9.17, 15) is 18.8 Å². The molecule has 1 aliphatic heterocycles. The number of hydrogen-bond donors (Lipinski definition) is 1. The molecule has 0 unspecified atom stereocenters. The minimum Gasteiger partial charge on any atom is -0.452 e. The summed E-state index contributed by atoms with van der Waals surface area (Å²) >= 11 is 0. The molecule has 1 heterocycles. The van der Waals surface area contributed by atoms with Crippen LogP contribution in [-0.4, -0.2) is 41.9 Å². The second kappa shape index (κ2) is 7.43. The number of likely N-dealkylation sites (tertiary alicyclic amines) is 1. The smallest absolute Gasteiger partial charge is 0.310 e. The van der Waals surface area contributed by atoms with Gasteiger partial charge in [-0.1, -0.05) is 18.2 Å². The van der Waals surface area contributed by atoms with Crippen LogP contribution in [0, 0.1) is 17.7 Å². The number of esters is 1. The van der Waals surface area contributed by atoms with Crippen molar-refractivity contribution in [2.45, 2.75) is 38.2 Å². The number of piperidine rings is 1. The number of primary amides is 1. The lowest BCUT2D eigenvalue weighted by Crippen LogP contribution is -2.48. The standard InChI is InChI=1S/C19H23FN2O4/c1-11(18(24)22-8-4-5-12(10-22)17(21)23)26-19(25)15-9-14(15)13-6-2-3-7-16(13)20/h2-3,6-7,11-12,14-15H,4-5,8-10H2,1H3,(H2,21,23)/t11-,12+,14+,15+/m0/s1. The molecule has 0 radical (unpaired) electrons. The van der Waals surface area contributed by atoms with E-state index in [4.69, 9.17) is 10.5 Å². The molecule has 6 nitrogen and oxygen atoms in total. The van der Waals surface area contributed by atoms with E-state index in [2.05, 4.69) is 0 Å². The fourth-order valence-corrected chi connectivity index (χ4v) is 3.55. The summed E-state index contributed by atoms with van der Waals surface area (Å²) in [6.45, 7) is 2.30. The van der Waals surface area contributed by atoms with Crippen molar-refractivity contribution in [1.29, 1.82) is 0 Å². The quantitative estimate of drug-likeness (QED) is 0.806. The molecule has 0 spiro atoms. The van der Waals surface area contributed by atoms with Gasteiger partial charge in [-0.15, -0.1) is 0 Å². The number of halogens is 1. The molecule has 2 amide bonds. The van der Waals surface area contributed by atoms with E-state index >= 15 is 0 Å². The lowest BCUT2D eigenvalue weighted by molar-refractivity contribution is -0.161. The molecule has 4 atom stereocenters. The molecule has 26 heavy (non-hydrogen) atoms. The Morgan fingerprint density at radius 2 is 2.04 bits per heavy atom. The number of benzene rings is 1. The van der Waals surface area contributed by atoms with Gasteiger partial charge in [0.2, 0.25) is 5.91 Å². The van der Waals surface area contributed by atoms with Crippen molar-refractivity contribution in [3.63, 3.8) is 0 Å². The normalized spacial score (nSPS) is 26.1. The number of ether oxygens (including phenoxy) is 1. The maximum absolute atomic E-state index is 13.8. The van der Waals surface area contributed by atoms with Gasteiger partial charge in [0.25, 0.3) is 5.91 Å². The maximum Gasteiger partial charge on any atom is 0.310 e. The molecule has 0 aromatic heterocycles. The Hall–Kier alpha value is -2.44. The van der Waals surface area contributed by atoms with E-state index in [1.54, 1.807) is 18.2 Å². The summed E-state index contributed by atoms with van der Waals surface area (Å²) in [7, 11) is 0. The third-order valence-corrected chi connectivity index (χ3v) is 5.17. The minimum atomic E-state index is -0.934. The number of rotatable bonds is 5. The lowest BCUT2D eigenvalue weighted by Gasteiger charge is -2.32. The molecule has 1 aromatic carbocycles. The van der Waals surface area contributed by atoms with Gasteiger partial charge in [-0.25, -0.2) is 4.39 Å². The molecule has 2 N–H and O–H groups in total. The van der Waals surface area contributed by atoms with Crippen molar-refractivity contribution in [2.75, 3.05) is 13.1 Å². The minimum absolute atomic E-state index is 0.194. The second-order valence-corrected chi connectivity index (χ2v) is 7.08. The Labute approximate surface area is 151 Å². The maximum atomic E-state index is 13.8. The topological polar surface area (TPSA) is 89.7 Å². The highest BCUT2D eigenvalue weighted by Crippen LogP contribution is 2.49. The van der Waals surface area contributed by atoms with Gasteiger partial charge in [-0.05, 0) is 37.8 Å². The Morgan fingerprint density at radius 3 is 2.73 bits per heavy atom. The van der Waals surface area contributed by atoms with Crippen LogP contribution >= 0.6 is 0 Å². The van der Waals surface area contributed by atoms with Crippen LogP contribution in [0.1, 0.15) is 37.7 Å². The van der Waals surface area contributed by atoms with Crippen LogP contribution in [0.25, 0.3) is 0 Å². The zero-order chi connectivity index (χ0) is 18.8. The van der Waals surface area contributed by atoms with Crippen molar-refractivity contribution in [1.82, 2.24) is 4.90 Å². The van der Waals surface area contributed by atoms with E-state index in [1.165, 1.54) is 17.9 Å². The number of amides is 2. The number of nitrogens with zero attached hydrogens (tertiary/aromatic N) is 1. The fraction of sp³-hybridized carbons (Fsp3) is 0.526. The Balaban J connectivity index is 1.54. The van der Waals surface area contributed by atoms with E-state index in [0.29, 0.717) is 31.4 Å². The van der Waals surface area contributed by atoms with Gasteiger partial charge in [0.15, 0.2) is 6.10 Å². The van der Waals surface area contributed by atoms with E-state index in [0.717, 1.165) is 0 Å². The van der Waals surface area contributed by atoms with E-state index in [-0.39, 0.29) is 30.1 Å². The SMILES string of the molecule is C[C@H](OC(=O)[C@@H]1C[C@@H]1c1ccccc1F)C(=O)N1CCC[C@@H](C(N)=O)C1. The summed E-state index contributed by atoms with van der Waals surface area (Å²) in [4.78, 5) is 37.6. The third-order valence-electron chi connectivity index (χ3n) is 5.17. The first-order valence-corrected chi connectivity index (χ1v) is 8.91. The average Bonchev–Trinajstić information content (AvgIpc) is 3.42. The molecule has 140 valence electrons. The second-order valence-electron chi connectivity index (χ2n) is 7.08. The summed E-state index contributed by atoms with van der Waals surface area (Å²) in [5, 5.41) is 0. The molecule has 1 saturated heterocycles. The predicted molar refractivity (Wildman–Crippen MR) is 91.3 cm³/mol. The van der Waals surface area contributed by atoms with Gasteiger partial charge in [-0.2, -0.15) is 0 Å². The number of hydrogen-bond acceptors (Lipinski definition) is 4. The van der Waals surface area contributed by atoms with Gasteiger partial charge in [0.05, 0.1) is 11.8 Å². The zero-order valence-electron chi connectivity index (χ0n) is 14.7. The summed E-state index contributed by atoms with van der Waals surface area (Å²) in [5.74, 6) is -2.53. The van der Waals surface area contributed by atoms with Gasteiger partial charge in [0.1, 0.15) is 5.82 Å². The molecule has 7 heteroatoms. The van der Waals surface area contributed by atoms with Crippen LogP contribution in [0.4, 0.5) is 4.39 Å². The van der Waals surface area contributed by atoms with Crippen molar-refractivity contribution in [3.8, 4) is 0 Å². The van der Waals surface area contributed by atoms with Crippen molar-refractivity contribution >= 4 is 17.8 Å². The van der Waals surface area contributed by atoms with Crippen LogP contribution < -0.4 is 5.73 Å². The van der Waals surface area contributed by atoms with Crippen LogP contribution in [0.3, 0.4) is 0 Å². The monoisotopic (exact) mass is 362 g/mol. The molecule has 2 aliphatic rings. The number of carbonyl (C=O) groups excluding carboxylic acids is 3. The van der Waals surface area contributed by atoms with Crippen LogP contribution in [0.2, 0.25) is 0 Å². The molecule has 1 saturated carbocycles. The highest BCUT2D eigenvalue weighted by Gasteiger charge is 2.47. The Morgan fingerprint density at radius 1 is 1.31 bits per heavy atom. The molecule has 0 bridgehead atoms. The fourth-order valence-electron chi connectivity index (χ4n) is 3.55. The van der Waals surface area contributed by atoms with E-state index < -0.39 is 23.9 Å².